The fraction of sp³-hybridized carbons (Fsp3) is 0.429. The highest BCUT2D eigenvalue weighted by molar-refractivity contribution is 6.55. The zero-order valence-corrected chi connectivity index (χ0v) is 17.8. The van der Waals surface area contributed by atoms with E-state index in [9.17, 15) is 9.59 Å². The molecule has 0 fully saturated rings. The Bertz CT molecular complexity index is 625. The van der Waals surface area contributed by atoms with Crippen molar-refractivity contribution >= 4 is 82.3 Å². The summed E-state index contributed by atoms with van der Waals surface area (Å²) in [6.45, 7) is 3.44. The highest BCUT2D eigenvalue weighted by Crippen LogP contribution is 2.48. The number of ether oxygens (including phenoxy) is 1. The van der Waals surface area contributed by atoms with Gasteiger partial charge in [-0.05, 0) is 12.3 Å². The molecule has 1 atom stereocenters. The summed E-state index contributed by atoms with van der Waals surface area (Å²) in [6.07, 6.45) is 0.487. The number of rotatable bonds is 6. The third-order valence-corrected chi connectivity index (χ3v) is 5.10. The number of nitrogens with two attached hydrogens (primary N) is 1. The van der Waals surface area contributed by atoms with Crippen LogP contribution in [0.3, 0.4) is 0 Å². The minimum atomic E-state index is -0.821. The second kappa shape index (κ2) is 10.9. The van der Waals surface area contributed by atoms with E-state index in [1.54, 1.807) is 0 Å². The van der Waals surface area contributed by atoms with Crippen molar-refractivity contribution in [3.63, 3.8) is 0 Å². The number of esters is 1. The van der Waals surface area contributed by atoms with Gasteiger partial charge in [0.1, 0.15) is 16.6 Å². The van der Waals surface area contributed by atoms with Crippen LogP contribution in [-0.4, -0.2) is 24.5 Å². The van der Waals surface area contributed by atoms with Crippen molar-refractivity contribution in [2.24, 2.45) is 11.7 Å². The predicted octanol–water partition coefficient (Wildman–Crippen LogP) is 4.77. The molecule has 0 bridgehead atoms. The number of nitrogens with one attached hydrogen (secondary N) is 1. The first-order valence-electron chi connectivity index (χ1n) is 6.81. The van der Waals surface area contributed by atoms with Gasteiger partial charge in [-0.25, -0.2) is 4.79 Å². The van der Waals surface area contributed by atoms with Gasteiger partial charge in [0.2, 0.25) is 5.91 Å². The molecule has 3 N–H and O–H groups in total. The van der Waals surface area contributed by atoms with Gasteiger partial charge >= 0.3 is 5.97 Å². The summed E-state index contributed by atoms with van der Waals surface area (Å²) in [7, 11) is 0. The van der Waals surface area contributed by atoms with Gasteiger partial charge in [0.05, 0.1) is 21.1 Å². The monoisotopic (exact) mass is 470 g/mol. The summed E-state index contributed by atoms with van der Waals surface area (Å²) in [6, 6.07) is -0.718. The molecule has 0 aromatic heterocycles. The molecule has 1 unspecified atom stereocenters. The molecule has 1 aromatic carbocycles. The van der Waals surface area contributed by atoms with Crippen LogP contribution in [0.5, 0.6) is 5.75 Å². The average molecular weight is 473 g/mol. The van der Waals surface area contributed by atoms with Crippen molar-refractivity contribution in [3.05, 3.63) is 25.1 Å². The highest BCUT2D eigenvalue weighted by Gasteiger charge is 2.23. The topological polar surface area (TPSA) is 81.4 Å². The molecule has 0 aliphatic carbocycles. The van der Waals surface area contributed by atoms with E-state index < -0.39 is 24.5 Å². The van der Waals surface area contributed by atoms with Crippen molar-refractivity contribution in [1.29, 1.82) is 0 Å². The summed E-state index contributed by atoms with van der Waals surface area (Å²) in [5.74, 6) is -1.28. The third kappa shape index (κ3) is 6.83. The predicted molar refractivity (Wildman–Crippen MR) is 105 cm³/mol. The fourth-order valence-corrected chi connectivity index (χ4v) is 2.93. The van der Waals surface area contributed by atoms with Gasteiger partial charge in [0.25, 0.3) is 0 Å². The Kier molecular flexibility index (Phi) is 10.8. The van der Waals surface area contributed by atoms with Crippen LogP contribution >= 0.6 is 70.4 Å². The van der Waals surface area contributed by atoms with Crippen molar-refractivity contribution in [1.82, 2.24) is 5.32 Å². The number of carbonyl (C=O) groups excluding carboxylic acids is 2. The SMILES string of the molecule is CC(C)CC(N)C(=O)NCC(=O)Oc1c(Cl)c(Cl)c(Cl)c(Cl)c1Cl.Cl. The Labute approximate surface area is 176 Å². The number of hydrogen-bond donors (Lipinski definition) is 2. The average Bonchev–Trinajstić information content (AvgIpc) is 2.52. The molecule has 1 rings (SSSR count). The molecule has 0 aliphatic heterocycles. The molecule has 0 radical (unpaired) electrons. The Balaban J connectivity index is 0.00000576. The van der Waals surface area contributed by atoms with Crippen molar-refractivity contribution in [2.75, 3.05) is 6.54 Å². The number of carbonyl (C=O) groups is 2. The lowest BCUT2D eigenvalue weighted by atomic mass is 10.0. The Hall–Kier alpha value is -0.140. The summed E-state index contributed by atoms with van der Waals surface area (Å²) >= 11 is 29.5. The molecule has 0 heterocycles. The molecular formula is C14H16Cl6N2O3. The maximum atomic E-state index is 11.9. The molecule has 0 spiro atoms. The fourth-order valence-electron chi connectivity index (χ4n) is 1.73. The first kappa shape index (κ1) is 24.9. The third-order valence-electron chi connectivity index (χ3n) is 2.85. The highest BCUT2D eigenvalue weighted by atomic mass is 35.5. The minimum absolute atomic E-state index is 0. The van der Waals surface area contributed by atoms with Gasteiger partial charge in [-0.2, -0.15) is 0 Å². The van der Waals surface area contributed by atoms with Gasteiger partial charge < -0.3 is 15.8 Å². The first-order valence-corrected chi connectivity index (χ1v) is 8.70. The summed E-state index contributed by atoms with van der Waals surface area (Å²) in [4.78, 5) is 23.6. The number of amides is 1. The second-order valence-electron chi connectivity index (χ2n) is 5.33. The molecule has 11 heteroatoms. The molecule has 5 nitrogen and oxygen atoms in total. The summed E-state index contributed by atoms with van der Waals surface area (Å²) in [5, 5.41) is 1.80. The van der Waals surface area contributed by atoms with Crippen molar-refractivity contribution in [2.45, 2.75) is 26.3 Å². The van der Waals surface area contributed by atoms with Gasteiger partial charge in [0.15, 0.2) is 5.75 Å². The normalized spacial score (nSPS) is 11.7. The smallest absolute Gasteiger partial charge is 0.330 e. The first-order chi connectivity index (χ1) is 11.1. The quantitative estimate of drug-likeness (QED) is 0.270. The van der Waals surface area contributed by atoms with Gasteiger partial charge in [-0.3, -0.25) is 4.79 Å². The zero-order chi connectivity index (χ0) is 18.6. The van der Waals surface area contributed by atoms with E-state index in [-0.39, 0.29) is 49.2 Å². The van der Waals surface area contributed by atoms with E-state index in [2.05, 4.69) is 5.32 Å². The maximum absolute atomic E-state index is 11.9. The molecule has 25 heavy (non-hydrogen) atoms. The minimum Gasteiger partial charge on any atom is -0.422 e. The van der Waals surface area contributed by atoms with Gasteiger partial charge in [-0.1, -0.05) is 71.9 Å². The number of benzene rings is 1. The zero-order valence-electron chi connectivity index (χ0n) is 13.2. The van der Waals surface area contributed by atoms with E-state index in [4.69, 9.17) is 68.5 Å². The van der Waals surface area contributed by atoms with Crippen LogP contribution in [0.4, 0.5) is 0 Å². The molecule has 0 saturated heterocycles. The van der Waals surface area contributed by atoms with E-state index in [1.165, 1.54) is 0 Å². The van der Waals surface area contributed by atoms with Crippen LogP contribution in [0.2, 0.25) is 25.1 Å². The van der Waals surface area contributed by atoms with Crippen LogP contribution in [-0.2, 0) is 9.59 Å². The van der Waals surface area contributed by atoms with Crippen LogP contribution in [0.25, 0.3) is 0 Å². The largest absolute Gasteiger partial charge is 0.422 e. The van der Waals surface area contributed by atoms with Crippen LogP contribution in [0.15, 0.2) is 0 Å². The maximum Gasteiger partial charge on any atom is 0.330 e. The lowest BCUT2D eigenvalue weighted by Gasteiger charge is -2.15. The summed E-state index contributed by atoms with van der Waals surface area (Å²) < 4.78 is 5.02. The molecule has 0 saturated carbocycles. The van der Waals surface area contributed by atoms with Gasteiger partial charge in [0, 0.05) is 0 Å². The van der Waals surface area contributed by atoms with E-state index >= 15 is 0 Å². The van der Waals surface area contributed by atoms with E-state index in [1.807, 2.05) is 13.8 Å². The molecular weight excluding hydrogens is 457 g/mol. The Morgan fingerprint density at radius 3 is 1.88 bits per heavy atom. The number of hydrogen-bond acceptors (Lipinski definition) is 4. The van der Waals surface area contributed by atoms with Gasteiger partial charge in [-0.15, -0.1) is 12.4 Å². The Morgan fingerprint density at radius 2 is 1.44 bits per heavy atom. The van der Waals surface area contributed by atoms with E-state index in [0.29, 0.717) is 6.42 Å². The van der Waals surface area contributed by atoms with Crippen LogP contribution in [0, 0.1) is 5.92 Å². The van der Waals surface area contributed by atoms with Crippen LogP contribution in [0.1, 0.15) is 20.3 Å². The lowest BCUT2D eigenvalue weighted by molar-refractivity contribution is -0.135. The lowest BCUT2D eigenvalue weighted by Crippen LogP contribution is -2.43. The Morgan fingerprint density at radius 1 is 1.00 bits per heavy atom. The molecule has 0 aliphatic rings. The summed E-state index contributed by atoms with van der Waals surface area (Å²) in [5.41, 5.74) is 5.71. The van der Waals surface area contributed by atoms with Crippen molar-refractivity contribution in [3.8, 4) is 5.75 Å². The van der Waals surface area contributed by atoms with Crippen LogP contribution < -0.4 is 15.8 Å². The molecule has 142 valence electrons. The second-order valence-corrected chi connectivity index (χ2v) is 7.22. The molecule has 1 amide bonds. The van der Waals surface area contributed by atoms with Crippen molar-refractivity contribution < 1.29 is 14.3 Å². The van der Waals surface area contributed by atoms with E-state index in [0.717, 1.165) is 0 Å². The molecule has 1 aromatic rings. The standard InChI is InChI=1S/C14H15Cl5N2O3.ClH/c1-5(2)3-6(20)14(23)21-4-7(22)24-13-11(18)9(16)8(15)10(17)12(13)19;/h5-6H,3-4,20H2,1-2H3,(H,21,23);1H. The number of halogens is 6.